The molecule has 2 aliphatic carbocycles. The van der Waals surface area contributed by atoms with Crippen molar-refractivity contribution in [3.8, 4) is 0 Å². The fraction of sp³-hybridized carbons (Fsp3) is 0.474. The molecule has 4 rings (SSSR count). The monoisotopic (exact) mass is 284 g/mol. The minimum absolute atomic E-state index is 0.498. The Bertz CT molecular complexity index is 687. The summed E-state index contributed by atoms with van der Waals surface area (Å²) in [6.45, 7) is 4.90. The Balaban J connectivity index is 1.98. The van der Waals surface area contributed by atoms with Crippen molar-refractivity contribution < 1.29 is 0 Å². The number of aryl methyl sites for hydroxylation is 1. The van der Waals surface area contributed by atoms with Gasteiger partial charge in [0.1, 0.15) is 0 Å². The summed E-state index contributed by atoms with van der Waals surface area (Å²) in [5.41, 5.74) is 3.62. The van der Waals surface area contributed by atoms with Gasteiger partial charge in [0.05, 0.1) is 0 Å². The van der Waals surface area contributed by atoms with Crippen LogP contribution < -0.4 is 0 Å². The second kappa shape index (κ2) is 4.24. The van der Waals surface area contributed by atoms with Crippen LogP contribution in [0.3, 0.4) is 0 Å². The van der Waals surface area contributed by atoms with Gasteiger partial charge in [-0.1, -0.05) is 49.7 Å². The van der Waals surface area contributed by atoms with Gasteiger partial charge in [-0.2, -0.15) is 0 Å². The number of benzene rings is 2. The van der Waals surface area contributed by atoms with Crippen LogP contribution in [0.15, 0.2) is 30.3 Å². The van der Waals surface area contributed by atoms with Gasteiger partial charge >= 0.3 is 0 Å². The molecule has 0 N–H and O–H groups in total. The molecular weight excluding hydrogens is 264 g/mol. The van der Waals surface area contributed by atoms with Crippen LogP contribution in [0.25, 0.3) is 10.8 Å². The van der Waals surface area contributed by atoms with E-state index in [0.29, 0.717) is 11.3 Å². The Morgan fingerprint density at radius 2 is 1.95 bits per heavy atom. The quantitative estimate of drug-likeness (QED) is 0.560. The molecule has 1 heteroatoms. The molecule has 2 aromatic carbocycles. The van der Waals surface area contributed by atoms with E-state index in [2.05, 4.69) is 44.2 Å². The van der Waals surface area contributed by atoms with Crippen LogP contribution in [0.5, 0.6) is 0 Å². The Morgan fingerprint density at radius 3 is 2.75 bits per heavy atom. The maximum absolute atomic E-state index is 6.57. The molecule has 1 saturated carbocycles. The highest BCUT2D eigenvalue weighted by molar-refractivity contribution is 6.35. The van der Waals surface area contributed by atoms with Crippen LogP contribution >= 0.6 is 11.6 Å². The van der Waals surface area contributed by atoms with Crippen molar-refractivity contribution in [3.05, 3.63) is 46.5 Å². The van der Waals surface area contributed by atoms with E-state index < -0.39 is 0 Å². The van der Waals surface area contributed by atoms with Gasteiger partial charge in [0.2, 0.25) is 0 Å². The normalized spacial score (nSPS) is 32.1. The van der Waals surface area contributed by atoms with Crippen LogP contribution in [-0.2, 0) is 6.42 Å². The summed E-state index contributed by atoms with van der Waals surface area (Å²) in [5.74, 6) is 1.56. The highest BCUT2D eigenvalue weighted by atomic mass is 35.5. The molecule has 0 heterocycles. The highest BCUT2D eigenvalue weighted by Gasteiger charge is 2.46. The predicted octanol–water partition coefficient (Wildman–Crippen LogP) is 5.96. The molecule has 104 valence electrons. The standard InChI is InChI=1S/C19H21Cl/c1-12-9-17-16-10-18(20)15-6-4-3-5-13(15)14(16)7-8-19(17,2)11-12/h3-6,10,12,17H,7-9,11H2,1-2H3/t12-,17-,19-/m0/s1. The lowest BCUT2D eigenvalue weighted by Crippen LogP contribution is -2.26. The van der Waals surface area contributed by atoms with Crippen LogP contribution in [-0.4, -0.2) is 0 Å². The smallest absolute Gasteiger partial charge is 0.0487 e. The molecule has 1 fully saturated rings. The third-order valence-corrected chi connectivity index (χ3v) is 6.07. The molecule has 2 aliphatic rings. The SMILES string of the molecule is C[C@H]1C[C@H]2c3cc(Cl)c4ccccc4c3CC[C@@]2(C)C1. The lowest BCUT2D eigenvalue weighted by atomic mass is 9.66. The zero-order chi connectivity index (χ0) is 13.9. The van der Waals surface area contributed by atoms with E-state index in [9.17, 15) is 0 Å². The maximum Gasteiger partial charge on any atom is 0.0487 e. The average molecular weight is 285 g/mol. The van der Waals surface area contributed by atoms with Gasteiger partial charge in [-0.15, -0.1) is 0 Å². The van der Waals surface area contributed by atoms with Crippen LogP contribution in [0.1, 0.15) is 50.2 Å². The molecule has 0 amide bonds. The van der Waals surface area contributed by atoms with Crippen molar-refractivity contribution in [2.24, 2.45) is 11.3 Å². The number of hydrogen-bond acceptors (Lipinski definition) is 0. The zero-order valence-electron chi connectivity index (χ0n) is 12.2. The summed E-state index contributed by atoms with van der Waals surface area (Å²) in [7, 11) is 0. The second-order valence-corrected chi connectivity index (χ2v) is 7.63. The van der Waals surface area contributed by atoms with Gasteiger partial charge < -0.3 is 0 Å². The summed E-state index contributed by atoms with van der Waals surface area (Å²) in [4.78, 5) is 0. The fourth-order valence-corrected chi connectivity index (χ4v) is 5.18. The Labute approximate surface area is 126 Å². The van der Waals surface area contributed by atoms with Gasteiger partial charge in [0, 0.05) is 10.4 Å². The first kappa shape index (κ1) is 12.7. The molecule has 0 bridgehead atoms. The first-order valence-corrected chi connectivity index (χ1v) is 8.16. The van der Waals surface area contributed by atoms with E-state index in [1.807, 2.05) is 0 Å². The van der Waals surface area contributed by atoms with Gasteiger partial charge in [0.15, 0.2) is 0 Å². The van der Waals surface area contributed by atoms with Crippen molar-refractivity contribution in [1.29, 1.82) is 0 Å². The van der Waals surface area contributed by atoms with E-state index in [1.165, 1.54) is 36.5 Å². The van der Waals surface area contributed by atoms with E-state index in [4.69, 9.17) is 11.6 Å². The molecule has 0 unspecified atom stereocenters. The second-order valence-electron chi connectivity index (χ2n) is 7.22. The van der Waals surface area contributed by atoms with Crippen LogP contribution in [0, 0.1) is 11.3 Å². The minimum atomic E-state index is 0.498. The molecule has 3 atom stereocenters. The minimum Gasteiger partial charge on any atom is -0.0837 e. The van der Waals surface area contributed by atoms with Crippen molar-refractivity contribution >= 4 is 22.4 Å². The third kappa shape index (κ3) is 1.67. The summed E-state index contributed by atoms with van der Waals surface area (Å²) >= 11 is 6.57. The summed E-state index contributed by atoms with van der Waals surface area (Å²) < 4.78 is 0. The largest absolute Gasteiger partial charge is 0.0837 e. The summed E-state index contributed by atoms with van der Waals surface area (Å²) in [6, 6.07) is 10.9. The van der Waals surface area contributed by atoms with E-state index in [0.717, 1.165) is 10.9 Å². The number of fused-ring (bicyclic) bond motifs is 5. The van der Waals surface area contributed by atoms with E-state index >= 15 is 0 Å². The van der Waals surface area contributed by atoms with Crippen molar-refractivity contribution in [2.75, 3.05) is 0 Å². The van der Waals surface area contributed by atoms with Crippen LogP contribution in [0.2, 0.25) is 5.02 Å². The van der Waals surface area contributed by atoms with Crippen molar-refractivity contribution in [1.82, 2.24) is 0 Å². The predicted molar refractivity (Wildman–Crippen MR) is 86.5 cm³/mol. The molecule has 2 aromatic rings. The highest BCUT2D eigenvalue weighted by Crippen LogP contribution is 2.58. The molecule has 0 spiro atoms. The van der Waals surface area contributed by atoms with Gasteiger partial charge in [-0.25, -0.2) is 0 Å². The van der Waals surface area contributed by atoms with Crippen molar-refractivity contribution in [3.63, 3.8) is 0 Å². The lowest BCUT2D eigenvalue weighted by molar-refractivity contribution is 0.248. The molecule has 0 aliphatic heterocycles. The van der Waals surface area contributed by atoms with Gasteiger partial charge in [0.25, 0.3) is 0 Å². The molecule has 0 radical (unpaired) electrons. The zero-order valence-corrected chi connectivity index (χ0v) is 13.0. The molecular formula is C19H21Cl. The fourth-order valence-electron chi connectivity index (χ4n) is 4.90. The van der Waals surface area contributed by atoms with Gasteiger partial charge in [-0.05, 0) is 65.5 Å². The first-order chi connectivity index (χ1) is 9.58. The number of halogens is 1. The first-order valence-electron chi connectivity index (χ1n) is 7.78. The van der Waals surface area contributed by atoms with Crippen molar-refractivity contribution in [2.45, 2.75) is 45.4 Å². The Morgan fingerprint density at radius 1 is 1.20 bits per heavy atom. The maximum atomic E-state index is 6.57. The van der Waals surface area contributed by atoms with Gasteiger partial charge in [-0.3, -0.25) is 0 Å². The number of rotatable bonds is 0. The third-order valence-electron chi connectivity index (χ3n) is 5.76. The lowest BCUT2D eigenvalue weighted by Gasteiger charge is -2.38. The van der Waals surface area contributed by atoms with Crippen LogP contribution in [0.4, 0.5) is 0 Å². The topological polar surface area (TPSA) is 0 Å². The summed E-state index contributed by atoms with van der Waals surface area (Å²) in [5, 5.41) is 3.54. The van der Waals surface area contributed by atoms with E-state index in [-0.39, 0.29) is 0 Å². The molecule has 0 saturated heterocycles. The molecule has 0 aromatic heterocycles. The van der Waals surface area contributed by atoms with E-state index in [1.54, 1.807) is 11.1 Å². The Kier molecular flexibility index (Phi) is 2.70. The number of hydrogen-bond donors (Lipinski definition) is 0. The Hall–Kier alpha value is -1.01. The molecule has 20 heavy (non-hydrogen) atoms. The summed E-state index contributed by atoms with van der Waals surface area (Å²) in [6.07, 6.45) is 5.26. The molecule has 0 nitrogen and oxygen atoms in total. The average Bonchev–Trinajstić information content (AvgIpc) is 2.74.